The van der Waals surface area contributed by atoms with Crippen molar-refractivity contribution in [3.8, 4) is 12.2 Å². The van der Waals surface area contributed by atoms with Crippen molar-refractivity contribution < 1.29 is 0 Å². The van der Waals surface area contributed by atoms with Crippen molar-refractivity contribution in [2.75, 3.05) is 0 Å². The lowest BCUT2D eigenvalue weighted by atomic mass is 9.34. The maximum absolute atomic E-state index is 5.88. The largest absolute Gasteiger partial charge is 0.238 e. The van der Waals surface area contributed by atoms with Crippen LogP contribution in [-0.2, 0) is 0 Å². The second kappa shape index (κ2) is 7.93. The number of hydrogen-bond donors (Lipinski definition) is 0. The van der Waals surface area contributed by atoms with Crippen LogP contribution in [0.15, 0.2) is 23.8 Å². The summed E-state index contributed by atoms with van der Waals surface area (Å²) in [5.41, 5.74) is 3.00. The molecule has 0 aromatic heterocycles. The maximum atomic E-state index is 5.88. The summed E-state index contributed by atoms with van der Waals surface area (Å²) < 4.78 is 0. The van der Waals surface area contributed by atoms with Crippen LogP contribution in [0.4, 0.5) is 0 Å². The molecule has 0 aliphatic carbocycles. The van der Waals surface area contributed by atoms with Gasteiger partial charge in [0.25, 0.3) is 0 Å². The zero-order chi connectivity index (χ0) is 16.8. The summed E-state index contributed by atoms with van der Waals surface area (Å²) in [5, 5.41) is 0. The summed E-state index contributed by atoms with van der Waals surface area (Å²) in [6.45, 7) is 22.6. The third kappa shape index (κ3) is 5.78. The molecule has 0 nitrogen and oxygen atoms in total. The molecule has 0 aliphatic rings. The van der Waals surface area contributed by atoms with Gasteiger partial charge in [0.15, 0.2) is 0 Å². The van der Waals surface area contributed by atoms with Gasteiger partial charge in [-0.25, -0.2) is 0 Å². The van der Waals surface area contributed by atoms with Gasteiger partial charge in [-0.1, -0.05) is 85.0 Å². The van der Waals surface area contributed by atoms with Gasteiger partial charge in [-0.3, -0.25) is 0 Å². The Morgan fingerprint density at radius 3 is 2.10 bits per heavy atom. The summed E-state index contributed by atoms with van der Waals surface area (Å²) in [7, 11) is 0. The molecule has 0 heterocycles. The van der Waals surface area contributed by atoms with Gasteiger partial charge in [0.2, 0.25) is 6.71 Å². The zero-order valence-electron chi connectivity index (χ0n) is 15.6. The van der Waals surface area contributed by atoms with Crippen LogP contribution in [0.5, 0.6) is 0 Å². The Hall–Kier alpha value is -0.895. The van der Waals surface area contributed by atoms with E-state index in [1.807, 2.05) is 0 Å². The monoisotopic (exact) mass is 286 g/mol. The van der Waals surface area contributed by atoms with E-state index < -0.39 is 0 Å². The molecule has 0 rings (SSSR count). The van der Waals surface area contributed by atoms with E-state index in [9.17, 15) is 0 Å². The van der Waals surface area contributed by atoms with Crippen LogP contribution >= 0.6 is 0 Å². The molecule has 0 aliphatic heterocycles. The van der Waals surface area contributed by atoms with Crippen LogP contribution in [0.3, 0.4) is 0 Å². The molecule has 0 spiro atoms. The van der Waals surface area contributed by atoms with Gasteiger partial charge in [-0.05, 0) is 30.0 Å². The second-order valence-corrected chi connectivity index (χ2v) is 7.99. The minimum Gasteiger partial charge on any atom is -0.158 e. The molecule has 118 valence electrons. The number of terminal acetylenes is 1. The third-order valence-corrected chi connectivity index (χ3v) is 5.41. The van der Waals surface area contributed by atoms with E-state index in [0.717, 1.165) is 19.2 Å². The molecule has 0 saturated heterocycles. The smallest absolute Gasteiger partial charge is 0.158 e. The first kappa shape index (κ1) is 20.1. The highest BCUT2D eigenvalue weighted by molar-refractivity contribution is 6.69. The highest BCUT2D eigenvalue weighted by atomic mass is 14.4. The predicted octanol–water partition coefficient (Wildman–Crippen LogP) is 6.42. The molecule has 0 fully saturated rings. The van der Waals surface area contributed by atoms with E-state index in [2.05, 4.69) is 73.9 Å². The van der Waals surface area contributed by atoms with Crippen molar-refractivity contribution in [3.63, 3.8) is 0 Å². The SMILES string of the molecule is C#CB(CC(C)(C)C(C)(C)C)C(/C=C(/C)C(=C)CC)CC. The first-order chi connectivity index (χ1) is 9.50. The molecule has 1 heteroatoms. The fourth-order valence-corrected chi connectivity index (χ4v) is 2.43. The summed E-state index contributed by atoms with van der Waals surface area (Å²) >= 11 is 0. The molecule has 1 unspecified atom stereocenters. The lowest BCUT2D eigenvalue weighted by Gasteiger charge is -2.41. The van der Waals surface area contributed by atoms with Crippen LogP contribution in [0.1, 0.15) is 68.2 Å². The van der Waals surface area contributed by atoms with E-state index in [1.165, 1.54) is 11.1 Å². The lowest BCUT2D eigenvalue weighted by molar-refractivity contribution is 0.155. The molecular weight excluding hydrogens is 251 g/mol. The molecule has 0 radical (unpaired) electrons. The van der Waals surface area contributed by atoms with Crippen molar-refractivity contribution in [1.82, 2.24) is 0 Å². The number of allylic oxidation sites excluding steroid dienone is 3. The fourth-order valence-electron chi connectivity index (χ4n) is 2.43. The van der Waals surface area contributed by atoms with Gasteiger partial charge in [0.1, 0.15) is 0 Å². The molecule has 0 bridgehead atoms. The number of hydrogen-bond acceptors (Lipinski definition) is 0. The van der Waals surface area contributed by atoms with E-state index in [1.54, 1.807) is 0 Å². The third-order valence-electron chi connectivity index (χ3n) is 5.41. The van der Waals surface area contributed by atoms with Crippen molar-refractivity contribution in [1.29, 1.82) is 0 Å². The molecule has 1 atom stereocenters. The lowest BCUT2D eigenvalue weighted by Crippen LogP contribution is -2.35. The van der Waals surface area contributed by atoms with Gasteiger partial charge < -0.3 is 0 Å². The first-order valence-electron chi connectivity index (χ1n) is 8.32. The van der Waals surface area contributed by atoms with Gasteiger partial charge in [-0.2, -0.15) is 5.82 Å². The zero-order valence-corrected chi connectivity index (χ0v) is 15.6. The normalized spacial score (nSPS) is 14.5. The topological polar surface area (TPSA) is 0 Å². The molecule has 0 N–H and O–H groups in total. The Labute approximate surface area is 134 Å². The van der Waals surface area contributed by atoms with E-state index in [0.29, 0.717) is 12.5 Å². The van der Waals surface area contributed by atoms with Crippen molar-refractivity contribution in [3.05, 3.63) is 23.8 Å². The Morgan fingerprint density at radius 1 is 1.24 bits per heavy atom. The quantitative estimate of drug-likeness (QED) is 0.288. The average molecular weight is 286 g/mol. The van der Waals surface area contributed by atoms with Gasteiger partial charge in [-0.15, -0.1) is 6.42 Å². The van der Waals surface area contributed by atoms with Crippen LogP contribution in [-0.4, -0.2) is 6.71 Å². The molecule has 21 heavy (non-hydrogen) atoms. The van der Waals surface area contributed by atoms with Crippen molar-refractivity contribution >= 4 is 6.71 Å². The number of rotatable bonds is 7. The summed E-state index contributed by atoms with van der Waals surface area (Å²) in [6, 6.07) is 0. The molecular formula is C20H35B. The highest BCUT2D eigenvalue weighted by Crippen LogP contribution is 2.44. The van der Waals surface area contributed by atoms with Gasteiger partial charge >= 0.3 is 0 Å². The Morgan fingerprint density at radius 2 is 1.76 bits per heavy atom. The fraction of sp³-hybridized carbons (Fsp3) is 0.700. The minimum atomic E-state index is 0.223. The Bertz CT molecular complexity index is 412. The minimum absolute atomic E-state index is 0.223. The van der Waals surface area contributed by atoms with Crippen LogP contribution in [0.2, 0.25) is 12.1 Å². The predicted molar refractivity (Wildman–Crippen MR) is 99.9 cm³/mol. The van der Waals surface area contributed by atoms with E-state index in [4.69, 9.17) is 6.42 Å². The van der Waals surface area contributed by atoms with Crippen molar-refractivity contribution in [2.45, 2.75) is 80.4 Å². The maximum Gasteiger partial charge on any atom is 0.238 e. The summed E-state index contributed by atoms with van der Waals surface area (Å²) in [5.74, 6) is 3.51. The Balaban J connectivity index is 5.25. The van der Waals surface area contributed by atoms with Gasteiger partial charge in [0.05, 0.1) is 0 Å². The summed E-state index contributed by atoms with van der Waals surface area (Å²) in [4.78, 5) is 0. The average Bonchev–Trinajstić information content (AvgIpc) is 2.39. The highest BCUT2D eigenvalue weighted by Gasteiger charge is 2.37. The van der Waals surface area contributed by atoms with Gasteiger partial charge in [0, 0.05) is 0 Å². The van der Waals surface area contributed by atoms with Crippen molar-refractivity contribution in [2.24, 2.45) is 10.8 Å². The standard InChI is InChI=1S/C20H35B/c1-11-16(4)17(5)14-18(12-2)21(13-3)15-20(9,10)19(6,7)8/h3,14,18H,4,11-12,15H2,1-2,5-10H3/b17-14-. The second-order valence-electron chi connectivity index (χ2n) is 7.99. The van der Waals surface area contributed by atoms with Crippen LogP contribution < -0.4 is 0 Å². The van der Waals surface area contributed by atoms with Crippen LogP contribution in [0, 0.1) is 23.1 Å². The molecule has 0 saturated carbocycles. The molecule has 0 amide bonds. The Kier molecular flexibility index (Phi) is 7.59. The summed E-state index contributed by atoms with van der Waals surface area (Å²) in [6.07, 6.45) is 11.4. The van der Waals surface area contributed by atoms with Crippen LogP contribution in [0.25, 0.3) is 0 Å². The molecule has 0 aromatic carbocycles. The van der Waals surface area contributed by atoms with E-state index in [-0.39, 0.29) is 10.8 Å². The first-order valence-corrected chi connectivity index (χ1v) is 8.32. The van der Waals surface area contributed by atoms with E-state index >= 15 is 0 Å². The molecule has 0 aromatic rings.